The van der Waals surface area contributed by atoms with Crippen molar-refractivity contribution < 1.29 is 9.90 Å². The van der Waals surface area contributed by atoms with E-state index in [-0.39, 0.29) is 11.8 Å². The molecule has 4 heterocycles. The zero-order chi connectivity index (χ0) is 18.0. The Morgan fingerprint density at radius 2 is 2.12 bits per heavy atom. The van der Waals surface area contributed by atoms with Gasteiger partial charge in [0.05, 0.1) is 0 Å². The lowest BCUT2D eigenvalue weighted by molar-refractivity contribution is -0.137. The number of carboxylic acids is 1. The van der Waals surface area contributed by atoms with Gasteiger partial charge in [0.1, 0.15) is 0 Å². The molecule has 2 atom stereocenters. The van der Waals surface area contributed by atoms with E-state index >= 15 is 0 Å². The minimum Gasteiger partial charge on any atom is -0.481 e. The monoisotopic (exact) mass is 396 g/mol. The number of fused-ring (bicyclic) bond motifs is 1. The summed E-state index contributed by atoms with van der Waals surface area (Å²) in [5.41, 5.74) is 1.28. The van der Waals surface area contributed by atoms with Crippen LogP contribution in [0, 0.1) is 11.3 Å². The summed E-state index contributed by atoms with van der Waals surface area (Å²) in [7, 11) is 0. The van der Waals surface area contributed by atoms with Crippen molar-refractivity contribution >= 4 is 29.5 Å². The third-order valence-corrected chi connectivity index (χ3v) is 8.64. The normalized spacial score (nSPS) is 31.2. The molecule has 0 bridgehead atoms. The molecule has 6 nitrogen and oxygen atoms in total. The molecule has 3 aliphatic heterocycles. The molecule has 2 unspecified atom stereocenters. The molecule has 0 saturated carbocycles. The second kappa shape index (κ2) is 8.12. The summed E-state index contributed by atoms with van der Waals surface area (Å²) in [6, 6.07) is 2.69. The van der Waals surface area contributed by atoms with Crippen molar-refractivity contribution in [3.05, 3.63) is 18.0 Å². The first-order chi connectivity index (χ1) is 12.6. The number of H-pyrrole nitrogens is 1. The fraction of sp³-hybridized carbons (Fsp3) is 0.778. The standard InChI is InChI=1S/C18H28N4O2S2/c23-17(24)1-3-18-12-21(9-15-2-4-19-20-15)7-14(18)8-22(13-18)16-10-25-5-6-26-11-16/h2,4,14,16H,1,3,5-13H2,(H,19,20)(H,23,24). The van der Waals surface area contributed by atoms with E-state index in [0.717, 1.165) is 44.8 Å². The molecule has 0 radical (unpaired) electrons. The summed E-state index contributed by atoms with van der Waals surface area (Å²) in [6.45, 7) is 5.16. The molecule has 4 rings (SSSR count). The summed E-state index contributed by atoms with van der Waals surface area (Å²) in [6.07, 6.45) is 2.89. The number of rotatable bonds is 6. The van der Waals surface area contributed by atoms with Crippen LogP contribution in [-0.2, 0) is 11.3 Å². The van der Waals surface area contributed by atoms with Crippen molar-refractivity contribution in [3.8, 4) is 0 Å². The van der Waals surface area contributed by atoms with Crippen molar-refractivity contribution in [2.75, 3.05) is 49.2 Å². The van der Waals surface area contributed by atoms with Gasteiger partial charge in [0.15, 0.2) is 0 Å². The average molecular weight is 397 g/mol. The van der Waals surface area contributed by atoms with Gasteiger partial charge in [-0.2, -0.15) is 28.6 Å². The molecule has 3 aliphatic rings. The molecule has 0 aromatic carbocycles. The minimum atomic E-state index is -0.663. The van der Waals surface area contributed by atoms with Crippen LogP contribution >= 0.6 is 23.5 Å². The summed E-state index contributed by atoms with van der Waals surface area (Å²) < 4.78 is 0. The summed E-state index contributed by atoms with van der Waals surface area (Å²) in [4.78, 5) is 16.4. The molecule has 3 fully saturated rings. The fourth-order valence-electron chi connectivity index (χ4n) is 4.87. The smallest absolute Gasteiger partial charge is 0.303 e. The highest BCUT2D eigenvalue weighted by Crippen LogP contribution is 2.47. The maximum atomic E-state index is 11.3. The van der Waals surface area contributed by atoms with Crippen LogP contribution in [0.5, 0.6) is 0 Å². The molecule has 3 saturated heterocycles. The van der Waals surface area contributed by atoms with Gasteiger partial charge in [-0.3, -0.25) is 19.7 Å². The number of aromatic amines is 1. The molecule has 0 spiro atoms. The number of aliphatic carboxylic acids is 1. The van der Waals surface area contributed by atoms with Crippen LogP contribution in [0.15, 0.2) is 12.3 Å². The second-order valence-corrected chi connectivity index (χ2v) is 10.2. The van der Waals surface area contributed by atoms with Crippen LogP contribution in [0.4, 0.5) is 0 Å². The fourth-order valence-corrected chi connectivity index (χ4v) is 7.50. The van der Waals surface area contributed by atoms with Gasteiger partial charge in [0, 0.05) is 85.5 Å². The largest absolute Gasteiger partial charge is 0.481 e. The Kier molecular flexibility index (Phi) is 5.83. The zero-order valence-corrected chi connectivity index (χ0v) is 16.7. The molecule has 2 N–H and O–H groups in total. The number of likely N-dealkylation sites (tertiary alicyclic amines) is 2. The van der Waals surface area contributed by atoms with E-state index in [4.69, 9.17) is 0 Å². The van der Waals surface area contributed by atoms with Gasteiger partial charge >= 0.3 is 5.97 Å². The summed E-state index contributed by atoms with van der Waals surface area (Å²) >= 11 is 4.16. The maximum Gasteiger partial charge on any atom is 0.303 e. The quantitative estimate of drug-likeness (QED) is 0.760. The van der Waals surface area contributed by atoms with Gasteiger partial charge in [-0.1, -0.05) is 0 Å². The van der Waals surface area contributed by atoms with Crippen LogP contribution in [0.2, 0.25) is 0 Å². The van der Waals surface area contributed by atoms with Crippen LogP contribution in [-0.4, -0.2) is 86.3 Å². The van der Waals surface area contributed by atoms with Gasteiger partial charge in [-0.15, -0.1) is 0 Å². The van der Waals surface area contributed by atoms with E-state index in [0.29, 0.717) is 12.0 Å². The Morgan fingerprint density at radius 3 is 2.81 bits per heavy atom. The van der Waals surface area contributed by atoms with Gasteiger partial charge in [0.25, 0.3) is 0 Å². The van der Waals surface area contributed by atoms with Gasteiger partial charge < -0.3 is 5.11 Å². The molecule has 1 aromatic heterocycles. The average Bonchev–Trinajstić information content (AvgIpc) is 3.23. The van der Waals surface area contributed by atoms with E-state index in [1.54, 1.807) is 6.20 Å². The minimum absolute atomic E-state index is 0.139. The third-order valence-electron chi connectivity index (χ3n) is 6.15. The number of carbonyl (C=O) groups is 1. The van der Waals surface area contributed by atoms with Crippen molar-refractivity contribution in [3.63, 3.8) is 0 Å². The van der Waals surface area contributed by atoms with Crippen LogP contribution < -0.4 is 0 Å². The number of carboxylic acid groups (broad SMARTS) is 1. The Balaban J connectivity index is 1.45. The van der Waals surface area contributed by atoms with E-state index in [2.05, 4.69) is 43.5 Å². The highest BCUT2D eigenvalue weighted by atomic mass is 32.2. The van der Waals surface area contributed by atoms with Gasteiger partial charge in [-0.25, -0.2) is 0 Å². The predicted molar refractivity (Wildman–Crippen MR) is 107 cm³/mol. The highest BCUT2D eigenvalue weighted by molar-refractivity contribution is 8.03. The number of nitrogens with one attached hydrogen (secondary N) is 1. The first kappa shape index (κ1) is 18.7. The summed E-state index contributed by atoms with van der Waals surface area (Å²) in [5, 5.41) is 16.4. The molecule has 8 heteroatoms. The number of hydrogen-bond donors (Lipinski definition) is 2. The maximum absolute atomic E-state index is 11.3. The van der Waals surface area contributed by atoms with E-state index in [9.17, 15) is 9.90 Å². The zero-order valence-electron chi connectivity index (χ0n) is 15.1. The first-order valence-corrected chi connectivity index (χ1v) is 11.8. The number of thioether (sulfide) groups is 2. The van der Waals surface area contributed by atoms with Crippen molar-refractivity contribution in [2.45, 2.75) is 25.4 Å². The molecule has 0 aliphatic carbocycles. The van der Waals surface area contributed by atoms with Gasteiger partial charge in [0.2, 0.25) is 0 Å². The SMILES string of the molecule is O=C(O)CCC12CN(Cc3ccn[nH]3)CC1CN(C1CSCCSC1)C2. The number of nitrogens with zero attached hydrogens (tertiary/aromatic N) is 3. The number of aromatic nitrogens is 2. The Labute approximate surface area is 163 Å². The van der Waals surface area contributed by atoms with E-state index in [1.165, 1.54) is 23.0 Å². The molecule has 0 amide bonds. The van der Waals surface area contributed by atoms with E-state index < -0.39 is 5.97 Å². The topological polar surface area (TPSA) is 72.5 Å². The molecular weight excluding hydrogens is 368 g/mol. The van der Waals surface area contributed by atoms with Crippen molar-refractivity contribution in [1.29, 1.82) is 0 Å². The lowest BCUT2D eigenvalue weighted by atomic mass is 9.77. The predicted octanol–water partition coefficient (Wildman–Crippen LogP) is 1.86. The number of hydrogen-bond acceptors (Lipinski definition) is 6. The lowest BCUT2D eigenvalue weighted by Gasteiger charge is -2.32. The second-order valence-electron chi connectivity index (χ2n) is 7.94. The Morgan fingerprint density at radius 1 is 1.31 bits per heavy atom. The first-order valence-electron chi connectivity index (χ1n) is 9.47. The molecule has 26 heavy (non-hydrogen) atoms. The van der Waals surface area contributed by atoms with Crippen LogP contribution in [0.3, 0.4) is 0 Å². The van der Waals surface area contributed by atoms with Crippen molar-refractivity contribution in [2.24, 2.45) is 11.3 Å². The lowest BCUT2D eigenvalue weighted by Crippen LogP contribution is -2.41. The third kappa shape index (κ3) is 4.08. The van der Waals surface area contributed by atoms with Crippen molar-refractivity contribution in [1.82, 2.24) is 20.0 Å². The Bertz CT molecular complexity index is 606. The van der Waals surface area contributed by atoms with Crippen LogP contribution in [0.1, 0.15) is 18.5 Å². The molecule has 144 valence electrons. The van der Waals surface area contributed by atoms with Crippen LogP contribution in [0.25, 0.3) is 0 Å². The summed E-state index contributed by atoms with van der Waals surface area (Å²) in [5.74, 6) is 4.91. The van der Waals surface area contributed by atoms with E-state index in [1.807, 2.05) is 6.07 Å². The van der Waals surface area contributed by atoms with Gasteiger partial charge in [-0.05, 0) is 18.4 Å². The highest BCUT2D eigenvalue weighted by Gasteiger charge is 2.53. The molecule has 1 aromatic rings. The molecular formula is C18H28N4O2S2. The Hall–Kier alpha value is -0.700.